The lowest BCUT2D eigenvalue weighted by molar-refractivity contribution is 0.344. The summed E-state index contributed by atoms with van der Waals surface area (Å²) in [4.78, 5) is 0.167. The van der Waals surface area contributed by atoms with Crippen LogP contribution >= 0.6 is 15.9 Å². The largest absolute Gasteiger partial charge is 0.381 e. The van der Waals surface area contributed by atoms with Crippen molar-refractivity contribution in [3.05, 3.63) is 70.2 Å². The summed E-state index contributed by atoms with van der Waals surface area (Å²) in [5.74, 6) is 0. The van der Waals surface area contributed by atoms with Gasteiger partial charge in [-0.2, -0.15) is 5.26 Å². The lowest BCUT2D eigenvalue weighted by atomic mass is 9.63. The van der Waals surface area contributed by atoms with E-state index in [0.29, 0.717) is 18.5 Å². The molecule has 2 aliphatic rings. The monoisotopic (exact) mass is 471 g/mol. The third-order valence-electron chi connectivity index (χ3n) is 6.09. The number of sulfonamides is 1. The van der Waals surface area contributed by atoms with Gasteiger partial charge in [0.1, 0.15) is 0 Å². The van der Waals surface area contributed by atoms with Crippen LogP contribution in [0, 0.1) is 11.3 Å². The van der Waals surface area contributed by atoms with Crippen LogP contribution in [0.2, 0.25) is 0 Å². The second kappa shape index (κ2) is 7.60. The van der Waals surface area contributed by atoms with Crippen LogP contribution in [-0.4, -0.2) is 21.0 Å². The van der Waals surface area contributed by atoms with Gasteiger partial charge >= 0.3 is 0 Å². The minimum Gasteiger partial charge on any atom is -0.381 e. The Labute approximate surface area is 180 Å². The van der Waals surface area contributed by atoms with Crippen LogP contribution in [0.5, 0.6) is 0 Å². The zero-order valence-corrected chi connectivity index (χ0v) is 18.3. The molecule has 0 aromatic heterocycles. The number of halogens is 1. The molecule has 0 spiro atoms. The smallest absolute Gasteiger partial charge is 0.240 e. The van der Waals surface area contributed by atoms with Crippen molar-refractivity contribution >= 4 is 31.6 Å². The molecule has 0 radical (unpaired) electrons. The van der Waals surface area contributed by atoms with Gasteiger partial charge in [0.05, 0.1) is 16.5 Å². The Kier molecular flexibility index (Phi) is 5.28. The van der Waals surface area contributed by atoms with Crippen molar-refractivity contribution in [2.24, 2.45) is 0 Å². The maximum atomic E-state index is 12.7. The quantitative estimate of drug-likeness (QED) is 0.630. The molecule has 2 atom stereocenters. The molecule has 2 N–H and O–H groups in total. The maximum absolute atomic E-state index is 12.7. The van der Waals surface area contributed by atoms with Gasteiger partial charge in [0.15, 0.2) is 0 Å². The molecule has 7 heteroatoms. The Morgan fingerprint density at radius 3 is 2.76 bits per heavy atom. The summed E-state index contributed by atoms with van der Waals surface area (Å²) in [7, 11) is -3.64. The molecule has 0 unspecified atom stereocenters. The van der Waals surface area contributed by atoms with Crippen LogP contribution in [0.1, 0.15) is 36.8 Å². The van der Waals surface area contributed by atoms with Crippen LogP contribution in [0.4, 0.5) is 5.69 Å². The van der Waals surface area contributed by atoms with Crippen LogP contribution < -0.4 is 10.0 Å². The predicted molar refractivity (Wildman–Crippen MR) is 117 cm³/mol. The summed E-state index contributed by atoms with van der Waals surface area (Å²) in [6, 6.07) is 14.4. The number of fused-ring (bicyclic) bond motifs is 3. The van der Waals surface area contributed by atoms with Gasteiger partial charge in [0.2, 0.25) is 10.0 Å². The molecule has 2 aromatic rings. The first-order chi connectivity index (χ1) is 13.9. The van der Waals surface area contributed by atoms with Gasteiger partial charge in [-0.15, -0.1) is 0 Å². The third-order valence-corrected chi connectivity index (χ3v) is 8.06. The first-order valence-electron chi connectivity index (χ1n) is 9.61. The fraction of sp³-hybridized carbons (Fsp3) is 0.318. The molecule has 1 heterocycles. The summed E-state index contributed by atoms with van der Waals surface area (Å²) in [6.45, 7) is 4.70. The fourth-order valence-corrected chi connectivity index (χ4v) is 6.06. The Morgan fingerprint density at radius 2 is 2.03 bits per heavy atom. The van der Waals surface area contributed by atoms with Gasteiger partial charge < -0.3 is 5.32 Å². The van der Waals surface area contributed by atoms with Crippen molar-refractivity contribution in [3.63, 3.8) is 0 Å². The normalized spacial score (nSPS) is 23.0. The second-order valence-electron chi connectivity index (χ2n) is 7.64. The minimum absolute atomic E-state index is 0.167. The van der Waals surface area contributed by atoms with E-state index in [2.05, 4.69) is 44.7 Å². The number of rotatable bonds is 5. The maximum Gasteiger partial charge on any atom is 0.240 e. The van der Waals surface area contributed by atoms with E-state index in [1.54, 1.807) is 0 Å². The van der Waals surface area contributed by atoms with E-state index in [4.69, 9.17) is 5.26 Å². The summed E-state index contributed by atoms with van der Waals surface area (Å²) >= 11 is 3.58. The standard InChI is InChI=1S/C22H22BrN3O2S/c1-15-3-2-4-21-22(15,19-13-17(23)7-10-20(19)26-21)11-12-25-29(27,28)18-8-5-16(14-24)6-9-18/h5-10,13,21,25-26H,1-4,11-12H2/t21-,22-/m0/s1. The lowest BCUT2D eigenvalue weighted by Crippen LogP contribution is -2.45. The predicted octanol–water partition coefficient (Wildman–Crippen LogP) is 4.46. The van der Waals surface area contributed by atoms with E-state index >= 15 is 0 Å². The van der Waals surface area contributed by atoms with E-state index in [1.807, 2.05) is 12.1 Å². The van der Waals surface area contributed by atoms with Crippen molar-refractivity contribution in [3.8, 4) is 6.07 Å². The van der Waals surface area contributed by atoms with Crippen molar-refractivity contribution in [2.45, 2.75) is 42.0 Å². The minimum atomic E-state index is -3.64. The average Bonchev–Trinajstić information content (AvgIpc) is 3.03. The molecule has 29 heavy (non-hydrogen) atoms. The molecule has 150 valence electrons. The molecule has 0 bridgehead atoms. The zero-order valence-electron chi connectivity index (χ0n) is 15.9. The van der Waals surface area contributed by atoms with Crippen molar-refractivity contribution in [2.75, 3.05) is 11.9 Å². The van der Waals surface area contributed by atoms with Crippen molar-refractivity contribution < 1.29 is 8.42 Å². The number of hydrogen-bond donors (Lipinski definition) is 2. The van der Waals surface area contributed by atoms with Gasteiger partial charge in [-0.25, -0.2) is 13.1 Å². The first-order valence-corrected chi connectivity index (χ1v) is 11.9. The molecule has 0 amide bonds. The van der Waals surface area contributed by atoms with Crippen LogP contribution in [0.15, 0.2) is 64.0 Å². The number of anilines is 1. The molecule has 1 aliphatic heterocycles. The van der Waals surface area contributed by atoms with E-state index < -0.39 is 10.0 Å². The number of nitriles is 1. The van der Waals surface area contributed by atoms with E-state index in [0.717, 1.165) is 35.0 Å². The van der Waals surface area contributed by atoms with Crippen LogP contribution in [0.3, 0.4) is 0 Å². The molecule has 1 fully saturated rings. The highest BCUT2D eigenvalue weighted by Crippen LogP contribution is 2.53. The Bertz CT molecular complexity index is 1110. The fourth-order valence-electron chi connectivity index (χ4n) is 4.67. The lowest BCUT2D eigenvalue weighted by Gasteiger charge is -2.42. The van der Waals surface area contributed by atoms with E-state index in [9.17, 15) is 8.42 Å². The van der Waals surface area contributed by atoms with Gasteiger partial charge in [-0.1, -0.05) is 28.1 Å². The molecular weight excluding hydrogens is 450 g/mol. The zero-order chi connectivity index (χ0) is 20.6. The molecule has 5 nitrogen and oxygen atoms in total. The van der Waals surface area contributed by atoms with Gasteiger partial charge in [0.25, 0.3) is 0 Å². The summed E-state index contributed by atoms with van der Waals surface area (Å²) in [6.07, 6.45) is 3.72. The number of nitrogens with zero attached hydrogens (tertiary/aromatic N) is 1. The Morgan fingerprint density at radius 1 is 1.28 bits per heavy atom. The third kappa shape index (κ3) is 3.50. The number of benzene rings is 2. The SMILES string of the molecule is C=C1CCC[C@@H]2Nc3ccc(Br)cc3[C@]12CCNS(=O)(=O)c1ccc(C#N)cc1. The molecule has 1 saturated carbocycles. The van der Waals surface area contributed by atoms with E-state index in [1.165, 1.54) is 29.8 Å². The highest BCUT2D eigenvalue weighted by Gasteiger charge is 2.49. The Hall–Kier alpha value is -2.14. The van der Waals surface area contributed by atoms with Crippen LogP contribution in [-0.2, 0) is 15.4 Å². The second-order valence-corrected chi connectivity index (χ2v) is 10.3. The first kappa shape index (κ1) is 20.1. The topological polar surface area (TPSA) is 82.0 Å². The summed E-state index contributed by atoms with van der Waals surface area (Å²) < 4.78 is 29.2. The average molecular weight is 472 g/mol. The highest BCUT2D eigenvalue weighted by molar-refractivity contribution is 9.10. The van der Waals surface area contributed by atoms with Crippen molar-refractivity contribution in [1.29, 1.82) is 5.26 Å². The number of hydrogen-bond acceptors (Lipinski definition) is 4. The van der Waals surface area contributed by atoms with Crippen molar-refractivity contribution in [1.82, 2.24) is 4.72 Å². The highest BCUT2D eigenvalue weighted by atomic mass is 79.9. The van der Waals surface area contributed by atoms with E-state index in [-0.39, 0.29) is 16.4 Å². The Balaban J connectivity index is 1.58. The number of nitrogens with one attached hydrogen (secondary N) is 2. The van der Waals surface area contributed by atoms with Crippen LogP contribution in [0.25, 0.3) is 0 Å². The molecule has 0 saturated heterocycles. The van der Waals surface area contributed by atoms with Gasteiger partial charge in [-0.3, -0.25) is 0 Å². The molecular formula is C22H22BrN3O2S. The summed E-state index contributed by atoms with van der Waals surface area (Å²) in [5.41, 5.74) is 3.62. The van der Waals surface area contributed by atoms with Gasteiger partial charge in [0, 0.05) is 28.2 Å². The summed E-state index contributed by atoms with van der Waals surface area (Å²) in [5, 5.41) is 12.5. The molecule has 2 aromatic carbocycles. The van der Waals surface area contributed by atoms with Gasteiger partial charge in [-0.05, 0) is 73.7 Å². The molecule has 1 aliphatic carbocycles. The molecule has 4 rings (SSSR count).